The first-order valence-electron chi connectivity index (χ1n) is 5.98. The second-order valence-electron chi connectivity index (χ2n) is 4.59. The first-order chi connectivity index (χ1) is 8.57. The summed E-state index contributed by atoms with van der Waals surface area (Å²) in [7, 11) is 1.55. The first kappa shape index (κ1) is 12.6. The van der Waals surface area contributed by atoms with Crippen molar-refractivity contribution in [2.45, 2.75) is 24.8 Å². The molecule has 18 heavy (non-hydrogen) atoms. The highest BCUT2D eigenvalue weighted by molar-refractivity contribution is 6.06. The van der Waals surface area contributed by atoms with Gasteiger partial charge in [-0.15, -0.1) is 0 Å². The maximum Gasteiger partial charge on any atom is 0.253 e. The Morgan fingerprint density at radius 3 is 2.50 bits per heavy atom. The average Bonchev–Trinajstić information content (AvgIpc) is 2.35. The topological polar surface area (TPSA) is 84.2 Å². The normalized spacial score (nSPS) is 16.6. The van der Waals surface area contributed by atoms with E-state index in [1.165, 1.54) is 0 Å². The highest BCUT2D eigenvalue weighted by Crippen LogP contribution is 2.30. The average molecular weight is 247 g/mol. The number of carbonyl (C=O) groups is 2. The van der Waals surface area contributed by atoms with Crippen molar-refractivity contribution >= 4 is 17.5 Å². The number of nitrogens with two attached hydrogens (primary N) is 1. The smallest absolute Gasteiger partial charge is 0.253 e. The minimum Gasteiger partial charge on any atom is -0.355 e. The quantitative estimate of drug-likeness (QED) is 0.741. The van der Waals surface area contributed by atoms with Gasteiger partial charge < -0.3 is 16.4 Å². The van der Waals surface area contributed by atoms with Gasteiger partial charge in [0.05, 0.1) is 16.8 Å². The van der Waals surface area contributed by atoms with Crippen molar-refractivity contribution in [3.8, 4) is 0 Å². The molecule has 2 amide bonds. The third-order valence-electron chi connectivity index (χ3n) is 3.34. The number of hydrogen-bond acceptors (Lipinski definition) is 3. The second kappa shape index (κ2) is 4.78. The van der Waals surface area contributed by atoms with Gasteiger partial charge in [0.25, 0.3) is 5.91 Å². The molecule has 0 aromatic heterocycles. The highest BCUT2D eigenvalue weighted by atomic mass is 16.2. The van der Waals surface area contributed by atoms with E-state index < -0.39 is 5.54 Å². The minimum absolute atomic E-state index is 0.217. The standard InChI is InChI=1S/C13H17N3O2/c1-15-11(17)9-5-2-3-6-10(9)16-12(18)13(14)7-4-8-13/h2-3,5-6H,4,7-8,14H2,1H3,(H,15,17)(H,16,18). The summed E-state index contributed by atoms with van der Waals surface area (Å²) < 4.78 is 0. The highest BCUT2D eigenvalue weighted by Gasteiger charge is 2.40. The van der Waals surface area contributed by atoms with E-state index in [9.17, 15) is 9.59 Å². The lowest BCUT2D eigenvalue weighted by atomic mass is 9.77. The molecule has 5 heteroatoms. The Bertz CT molecular complexity index is 481. The molecule has 0 aliphatic heterocycles. The van der Waals surface area contributed by atoms with Gasteiger partial charge in [-0.25, -0.2) is 0 Å². The minimum atomic E-state index is -0.768. The van der Waals surface area contributed by atoms with Crippen LogP contribution in [0.3, 0.4) is 0 Å². The van der Waals surface area contributed by atoms with E-state index in [1.807, 2.05) is 0 Å². The summed E-state index contributed by atoms with van der Waals surface area (Å²) in [6.07, 6.45) is 2.36. The van der Waals surface area contributed by atoms with Crippen LogP contribution in [0.4, 0.5) is 5.69 Å². The van der Waals surface area contributed by atoms with Crippen LogP contribution in [0.5, 0.6) is 0 Å². The van der Waals surface area contributed by atoms with Gasteiger partial charge in [-0.2, -0.15) is 0 Å². The molecule has 5 nitrogen and oxygen atoms in total. The molecule has 0 heterocycles. The van der Waals surface area contributed by atoms with Gasteiger partial charge in [0.2, 0.25) is 5.91 Å². The molecular weight excluding hydrogens is 230 g/mol. The molecule has 1 saturated carbocycles. The summed E-state index contributed by atoms with van der Waals surface area (Å²) in [5, 5.41) is 5.28. The summed E-state index contributed by atoms with van der Waals surface area (Å²) in [5.74, 6) is -0.448. The fourth-order valence-corrected chi connectivity index (χ4v) is 1.96. The molecule has 1 fully saturated rings. The molecule has 4 N–H and O–H groups in total. The second-order valence-corrected chi connectivity index (χ2v) is 4.59. The van der Waals surface area contributed by atoms with Crippen LogP contribution < -0.4 is 16.4 Å². The van der Waals surface area contributed by atoms with E-state index >= 15 is 0 Å². The Balaban J connectivity index is 2.18. The van der Waals surface area contributed by atoms with E-state index in [-0.39, 0.29) is 11.8 Å². The van der Waals surface area contributed by atoms with E-state index in [0.29, 0.717) is 24.1 Å². The lowest BCUT2D eigenvalue weighted by Gasteiger charge is -2.36. The number of nitrogens with one attached hydrogen (secondary N) is 2. The van der Waals surface area contributed by atoms with Crippen molar-refractivity contribution in [1.82, 2.24) is 5.32 Å². The summed E-state index contributed by atoms with van der Waals surface area (Å²) in [4.78, 5) is 23.7. The molecule has 1 aliphatic rings. The first-order valence-corrected chi connectivity index (χ1v) is 5.98. The van der Waals surface area contributed by atoms with E-state index in [4.69, 9.17) is 5.73 Å². The maximum atomic E-state index is 12.0. The number of benzene rings is 1. The van der Waals surface area contributed by atoms with Crippen molar-refractivity contribution < 1.29 is 9.59 Å². The molecule has 0 saturated heterocycles. The van der Waals surface area contributed by atoms with Crippen molar-refractivity contribution in [3.63, 3.8) is 0 Å². The Morgan fingerprint density at radius 1 is 1.28 bits per heavy atom. The Labute approximate surface area is 106 Å². The molecule has 0 spiro atoms. The Hall–Kier alpha value is -1.88. The van der Waals surface area contributed by atoms with Crippen LogP contribution in [0.15, 0.2) is 24.3 Å². The van der Waals surface area contributed by atoms with Crippen LogP contribution in [-0.2, 0) is 4.79 Å². The molecule has 0 atom stereocenters. The predicted molar refractivity (Wildman–Crippen MR) is 69.2 cm³/mol. The van der Waals surface area contributed by atoms with Crippen LogP contribution in [0, 0.1) is 0 Å². The summed E-state index contributed by atoms with van der Waals surface area (Å²) in [6, 6.07) is 6.89. The largest absolute Gasteiger partial charge is 0.355 e. The van der Waals surface area contributed by atoms with Gasteiger partial charge in [0, 0.05) is 7.05 Å². The van der Waals surface area contributed by atoms with Gasteiger partial charge in [0.15, 0.2) is 0 Å². The third-order valence-corrected chi connectivity index (χ3v) is 3.34. The van der Waals surface area contributed by atoms with Gasteiger partial charge >= 0.3 is 0 Å². The monoisotopic (exact) mass is 247 g/mol. The third kappa shape index (κ3) is 2.22. The van der Waals surface area contributed by atoms with Gasteiger partial charge in [-0.1, -0.05) is 12.1 Å². The molecule has 2 rings (SSSR count). The van der Waals surface area contributed by atoms with E-state index in [0.717, 1.165) is 6.42 Å². The lowest BCUT2D eigenvalue weighted by molar-refractivity contribution is -0.123. The maximum absolute atomic E-state index is 12.0. The fraction of sp³-hybridized carbons (Fsp3) is 0.385. The van der Waals surface area contributed by atoms with Gasteiger partial charge in [-0.3, -0.25) is 9.59 Å². The summed E-state index contributed by atoms with van der Waals surface area (Å²) in [5.41, 5.74) is 6.11. The van der Waals surface area contributed by atoms with Crippen LogP contribution in [-0.4, -0.2) is 24.4 Å². The zero-order valence-corrected chi connectivity index (χ0v) is 10.3. The summed E-state index contributed by atoms with van der Waals surface area (Å²) in [6.45, 7) is 0. The van der Waals surface area contributed by atoms with Crippen LogP contribution >= 0.6 is 0 Å². The molecule has 1 aromatic carbocycles. The van der Waals surface area contributed by atoms with Crippen molar-refractivity contribution in [2.24, 2.45) is 5.73 Å². The zero-order valence-electron chi connectivity index (χ0n) is 10.3. The molecule has 1 aromatic rings. The SMILES string of the molecule is CNC(=O)c1ccccc1NC(=O)C1(N)CCC1. The van der Waals surface area contributed by atoms with Crippen molar-refractivity contribution in [1.29, 1.82) is 0 Å². The Morgan fingerprint density at radius 2 is 1.94 bits per heavy atom. The van der Waals surface area contributed by atoms with Crippen LogP contribution in [0.25, 0.3) is 0 Å². The molecule has 0 unspecified atom stereocenters. The number of hydrogen-bond donors (Lipinski definition) is 3. The molecule has 0 radical (unpaired) electrons. The molecule has 96 valence electrons. The van der Waals surface area contributed by atoms with Crippen molar-refractivity contribution in [2.75, 3.05) is 12.4 Å². The molecule has 1 aliphatic carbocycles. The number of para-hydroxylation sites is 1. The number of carbonyl (C=O) groups excluding carboxylic acids is 2. The predicted octanol–water partition coefficient (Wildman–Crippen LogP) is 0.866. The van der Waals surface area contributed by atoms with Gasteiger partial charge in [-0.05, 0) is 31.4 Å². The zero-order chi connectivity index (χ0) is 13.2. The van der Waals surface area contributed by atoms with Crippen LogP contribution in [0.1, 0.15) is 29.6 Å². The van der Waals surface area contributed by atoms with Crippen LogP contribution in [0.2, 0.25) is 0 Å². The molecular formula is C13H17N3O2. The fourth-order valence-electron chi connectivity index (χ4n) is 1.96. The number of amides is 2. The lowest BCUT2D eigenvalue weighted by Crippen LogP contribution is -2.56. The van der Waals surface area contributed by atoms with Crippen molar-refractivity contribution in [3.05, 3.63) is 29.8 Å². The van der Waals surface area contributed by atoms with E-state index in [2.05, 4.69) is 10.6 Å². The molecule has 0 bridgehead atoms. The summed E-state index contributed by atoms with van der Waals surface area (Å²) >= 11 is 0. The Kier molecular flexibility index (Phi) is 3.34. The van der Waals surface area contributed by atoms with E-state index in [1.54, 1.807) is 31.3 Å². The number of anilines is 1. The number of rotatable bonds is 3. The van der Waals surface area contributed by atoms with Gasteiger partial charge in [0.1, 0.15) is 0 Å².